The lowest BCUT2D eigenvalue weighted by molar-refractivity contribution is -0.406. The Kier molecular flexibility index (Phi) is 1.42. The molecule has 0 radical (unpaired) electrons. The molecular weight excluding hydrogens is 174 g/mol. The number of hydrogen-bond acceptors (Lipinski definition) is 5. The van der Waals surface area contributed by atoms with Gasteiger partial charge in [0.25, 0.3) is 0 Å². The molecule has 2 aromatic rings. The Bertz CT molecular complexity index is 477. The first-order valence-corrected chi connectivity index (χ1v) is 3.47. The van der Waals surface area contributed by atoms with Crippen molar-refractivity contribution in [3.63, 3.8) is 0 Å². The van der Waals surface area contributed by atoms with Crippen molar-refractivity contribution in [3.05, 3.63) is 28.3 Å². The van der Waals surface area contributed by atoms with E-state index in [2.05, 4.69) is 4.98 Å². The average Bonchev–Trinajstić information content (AvgIpc) is 2.46. The number of hydrogen-bond donors (Lipinski definition) is 1. The van der Waals surface area contributed by atoms with Gasteiger partial charge in [0.2, 0.25) is 5.52 Å². The van der Waals surface area contributed by atoms with E-state index in [0.29, 0.717) is 16.8 Å². The lowest BCUT2D eigenvalue weighted by atomic mass is 10.3. The molecule has 0 atom stereocenters. The third-order valence-corrected chi connectivity index (χ3v) is 1.56. The van der Waals surface area contributed by atoms with Gasteiger partial charge in [-0.15, -0.1) is 0 Å². The minimum absolute atomic E-state index is 0.326. The molecule has 66 valence electrons. The highest BCUT2D eigenvalue weighted by molar-refractivity contribution is 5.77. The molecule has 2 N–H and O–H groups in total. The van der Waals surface area contributed by atoms with Crippen LogP contribution in [0.15, 0.2) is 22.6 Å². The van der Waals surface area contributed by atoms with E-state index in [0.717, 1.165) is 0 Å². The van der Waals surface area contributed by atoms with Gasteiger partial charge >= 0.3 is 6.01 Å². The summed E-state index contributed by atoms with van der Waals surface area (Å²) < 4.78 is 4.82. The number of anilines is 1. The third-order valence-electron chi connectivity index (χ3n) is 1.56. The number of aromatic nitrogens is 1. The molecule has 0 fully saturated rings. The number of nitro groups is 1. The van der Waals surface area contributed by atoms with Gasteiger partial charge in [-0.3, -0.25) is 0 Å². The van der Waals surface area contributed by atoms with Crippen molar-refractivity contribution >= 4 is 22.8 Å². The molecule has 1 heterocycles. The number of nitrogens with two attached hydrogens (primary N) is 1. The van der Waals surface area contributed by atoms with Gasteiger partial charge in [0, 0.05) is 21.7 Å². The normalized spacial score (nSPS) is 10.5. The van der Waals surface area contributed by atoms with Gasteiger partial charge < -0.3 is 20.3 Å². The van der Waals surface area contributed by atoms with Gasteiger partial charge in [0.15, 0.2) is 5.58 Å². The highest BCUT2D eigenvalue weighted by atomic mass is 16.7. The first-order chi connectivity index (χ1) is 6.16. The maximum atomic E-state index is 10.3. The first kappa shape index (κ1) is 7.53. The lowest BCUT2D eigenvalue weighted by Crippen LogP contribution is -1.85. The zero-order chi connectivity index (χ0) is 9.42. The summed E-state index contributed by atoms with van der Waals surface area (Å²) in [6, 6.07) is 4.16. The predicted octanol–water partition coefficient (Wildman–Crippen LogP) is 1.32. The SMILES string of the molecule is Nc1ccc2nc([N+](=O)[O-])oc2c1. The third kappa shape index (κ3) is 1.18. The van der Waals surface area contributed by atoms with E-state index in [4.69, 9.17) is 10.2 Å². The molecular formula is C7H5N3O3. The van der Waals surface area contributed by atoms with Gasteiger partial charge in [0.1, 0.15) is 0 Å². The average molecular weight is 179 g/mol. The Morgan fingerprint density at radius 2 is 2.31 bits per heavy atom. The highest BCUT2D eigenvalue weighted by Gasteiger charge is 2.16. The molecule has 1 aromatic heterocycles. The molecule has 0 saturated heterocycles. The van der Waals surface area contributed by atoms with E-state index in [1.165, 1.54) is 6.07 Å². The second-order valence-corrected chi connectivity index (χ2v) is 2.48. The van der Waals surface area contributed by atoms with E-state index >= 15 is 0 Å². The minimum atomic E-state index is -0.684. The Labute approximate surface area is 72.1 Å². The summed E-state index contributed by atoms with van der Waals surface area (Å²) in [5, 5.41) is 10.3. The quantitative estimate of drug-likeness (QED) is 0.404. The molecule has 0 aliphatic carbocycles. The largest absolute Gasteiger partial charge is 0.546 e. The summed E-state index contributed by atoms with van der Waals surface area (Å²) in [4.78, 5) is 13.2. The fraction of sp³-hybridized carbons (Fsp3) is 0. The molecule has 2 rings (SSSR count). The Morgan fingerprint density at radius 1 is 1.54 bits per heavy atom. The van der Waals surface area contributed by atoms with Gasteiger partial charge in [-0.2, -0.15) is 0 Å². The fourth-order valence-electron chi connectivity index (χ4n) is 1.01. The van der Waals surface area contributed by atoms with Crippen molar-refractivity contribution in [1.29, 1.82) is 0 Å². The summed E-state index contributed by atoms with van der Waals surface area (Å²) in [7, 11) is 0. The minimum Gasteiger partial charge on any atom is -0.399 e. The Morgan fingerprint density at radius 3 is 3.00 bits per heavy atom. The maximum absolute atomic E-state index is 10.3. The number of nitrogens with zero attached hydrogens (tertiary/aromatic N) is 2. The highest BCUT2D eigenvalue weighted by Crippen LogP contribution is 2.21. The van der Waals surface area contributed by atoms with E-state index in [9.17, 15) is 10.1 Å². The molecule has 1 aromatic carbocycles. The molecule has 0 spiro atoms. The molecule has 0 unspecified atom stereocenters. The lowest BCUT2D eigenvalue weighted by Gasteiger charge is -1.86. The first-order valence-electron chi connectivity index (χ1n) is 3.47. The molecule has 6 heteroatoms. The van der Waals surface area contributed by atoms with Gasteiger partial charge in [-0.05, 0) is 12.1 Å². The van der Waals surface area contributed by atoms with E-state index in [-0.39, 0.29) is 0 Å². The molecule has 0 aliphatic heterocycles. The van der Waals surface area contributed by atoms with Crippen LogP contribution < -0.4 is 5.73 Å². The number of rotatable bonds is 1. The molecule has 0 bridgehead atoms. The van der Waals surface area contributed by atoms with E-state index in [1.54, 1.807) is 12.1 Å². The van der Waals surface area contributed by atoms with Gasteiger partial charge in [-0.1, -0.05) is 0 Å². The van der Waals surface area contributed by atoms with Crippen molar-refractivity contribution in [2.75, 3.05) is 5.73 Å². The van der Waals surface area contributed by atoms with Crippen molar-refractivity contribution in [1.82, 2.24) is 4.98 Å². The predicted molar refractivity (Wildman–Crippen MR) is 45.1 cm³/mol. The fourth-order valence-corrected chi connectivity index (χ4v) is 1.01. The summed E-state index contributed by atoms with van der Waals surface area (Å²) in [5.74, 6) is 0. The van der Waals surface area contributed by atoms with Crippen LogP contribution in [0.25, 0.3) is 11.1 Å². The Balaban J connectivity index is 2.68. The maximum Gasteiger partial charge on any atom is 0.546 e. The van der Waals surface area contributed by atoms with Crippen molar-refractivity contribution < 1.29 is 9.34 Å². The van der Waals surface area contributed by atoms with Crippen LogP contribution in [0.3, 0.4) is 0 Å². The smallest absolute Gasteiger partial charge is 0.399 e. The summed E-state index contributed by atoms with van der Waals surface area (Å²) in [5.41, 5.74) is 6.69. The van der Waals surface area contributed by atoms with Crippen LogP contribution >= 0.6 is 0 Å². The van der Waals surface area contributed by atoms with Crippen LogP contribution in [-0.4, -0.2) is 9.91 Å². The molecule has 6 nitrogen and oxygen atoms in total. The second-order valence-electron chi connectivity index (χ2n) is 2.48. The van der Waals surface area contributed by atoms with Crippen LogP contribution in [0.2, 0.25) is 0 Å². The van der Waals surface area contributed by atoms with Gasteiger partial charge in [0.05, 0.1) is 0 Å². The monoisotopic (exact) mass is 179 g/mol. The number of nitrogen functional groups attached to an aromatic ring is 1. The van der Waals surface area contributed by atoms with Crippen LogP contribution in [0, 0.1) is 10.1 Å². The van der Waals surface area contributed by atoms with Crippen LogP contribution in [0.5, 0.6) is 0 Å². The van der Waals surface area contributed by atoms with Crippen LogP contribution in [0.1, 0.15) is 0 Å². The summed E-state index contributed by atoms with van der Waals surface area (Å²) in [6.07, 6.45) is 0. The van der Waals surface area contributed by atoms with Crippen molar-refractivity contribution in [2.45, 2.75) is 0 Å². The summed E-state index contributed by atoms with van der Waals surface area (Å²) in [6.45, 7) is 0. The molecule has 0 amide bonds. The number of fused-ring (bicyclic) bond motifs is 1. The topological polar surface area (TPSA) is 95.2 Å². The molecule has 0 saturated carbocycles. The number of benzene rings is 1. The summed E-state index contributed by atoms with van der Waals surface area (Å²) >= 11 is 0. The van der Waals surface area contributed by atoms with Crippen molar-refractivity contribution in [2.24, 2.45) is 0 Å². The van der Waals surface area contributed by atoms with Crippen LogP contribution in [-0.2, 0) is 0 Å². The number of oxazole rings is 1. The van der Waals surface area contributed by atoms with Crippen molar-refractivity contribution in [3.8, 4) is 0 Å². The van der Waals surface area contributed by atoms with E-state index in [1.807, 2.05) is 0 Å². The Hall–Kier alpha value is -2.11. The van der Waals surface area contributed by atoms with Gasteiger partial charge in [-0.25, -0.2) is 0 Å². The van der Waals surface area contributed by atoms with Crippen LogP contribution in [0.4, 0.5) is 11.7 Å². The molecule has 0 aliphatic rings. The standard InChI is InChI=1S/C7H5N3O3/c8-4-1-2-5-6(3-4)13-7(9-5)10(11)12/h1-3H,8H2. The molecule has 13 heavy (non-hydrogen) atoms. The zero-order valence-electron chi connectivity index (χ0n) is 6.43. The second kappa shape index (κ2) is 2.44. The zero-order valence-corrected chi connectivity index (χ0v) is 6.43. The van der Waals surface area contributed by atoms with E-state index < -0.39 is 10.9 Å².